The molecule has 0 aromatic carbocycles. The fourth-order valence-corrected chi connectivity index (χ4v) is 0.319. The van der Waals surface area contributed by atoms with Gasteiger partial charge in [-0.1, -0.05) is 0 Å². The van der Waals surface area contributed by atoms with Gasteiger partial charge in [0.1, 0.15) is 6.17 Å². The maximum Gasteiger partial charge on any atom is 0.391 e. The van der Waals surface area contributed by atoms with Crippen molar-refractivity contribution in [3.8, 4) is 0 Å². The molecule has 8 heavy (non-hydrogen) atoms. The van der Waals surface area contributed by atoms with E-state index in [1.54, 1.807) is 0 Å². The van der Waals surface area contributed by atoms with Crippen LogP contribution >= 0.6 is 0 Å². The third-order valence-electron chi connectivity index (χ3n) is 0.513. The van der Waals surface area contributed by atoms with Crippen molar-refractivity contribution < 1.29 is 17.6 Å². The summed E-state index contributed by atoms with van der Waals surface area (Å²) < 4.78 is 44.7. The summed E-state index contributed by atoms with van der Waals surface area (Å²) in [5.74, 6) is 0. The largest absolute Gasteiger partial charge is 0.391 e. The first-order chi connectivity index (χ1) is 3.42. The van der Waals surface area contributed by atoms with Gasteiger partial charge in [0.15, 0.2) is 0 Å². The molecule has 0 aliphatic carbocycles. The third-order valence-corrected chi connectivity index (χ3v) is 0.513. The number of rotatable bonds is 1. The van der Waals surface area contributed by atoms with Crippen LogP contribution in [0.2, 0.25) is 0 Å². The first-order valence-corrected chi connectivity index (χ1v) is 2.12. The molecule has 0 saturated heterocycles. The average molecular weight is 130 g/mol. The predicted molar refractivity (Wildman–Crippen MR) is 21.2 cm³/mol. The van der Waals surface area contributed by atoms with Crippen LogP contribution in [0.1, 0.15) is 13.3 Å². The van der Waals surface area contributed by atoms with Gasteiger partial charge >= 0.3 is 6.18 Å². The summed E-state index contributed by atoms with van der Waals surface area (Å²) in [6.45, 7) is 0.882. The van der Waals surface area contributed by atoms with E-state index in [1.807, 2.05) is 0 Å². The van der Waals surface area contributed by atoms with Crippen molar-refractivity contribution in [1.82, 2.24) is 0 Å². The summed E-state index contributed by atoms with van der Waals surface area (Å²) in [6, 6.07) is 0. The lowest BCUT2D eigenvalue weighted by molar-refractivity contribution is -0.144. The van der Waals surface area contributed by atoms with Gasteiger partial charge < -0.3 is 0 Å². The molecule has 0 heterocycles. The van der Waals surface area contributed by atoms with Crippen molar-refractivity contribution in [1.29, 1.82) is 0 Å². The van der Waals surface area contributed by atoms with Crippen LogP contribution < -0.4 is 0 Å². The normalized spacial score (nSPS) is 16.1. The van der Waals surface area contributed by atoms with Gasteiger partial charge in [-0.25, -0.2) is 4.39 Å². The van der Waals surface area contributed by atoms with Gasteiger partial charge in [0.05, 0.1) is 6.42 Å². The highest BCUT2D eigenvalue weighted by Crippen LogP contribution is 2.22. The van der Waals surface area contributed by atoms with E-state index >= 15 is 0 Å². The Morgan fingerprint density at radius 3 is 1.75 bits per heavy atom. The van der Waals surface area contributed by atoms with Crippen molar-refractivity contribution in [2.24, 2.45) is 0 Å². The summed E-state index contributed by atoms with van der Waals surface area (Å²) in [5, 5.41) is 0. The Bertz CT molecular complexity index is 62.9. The number of hydrogen-bond acceptors (Lipinski definition) is 0. The highest BCUT2D eigenvalue weighted by atomic mass is 19.4. The van der Waals surface area contributed by atoms with E-state index in [0.717, 1.165) is 6.92 Å². The Balaban J connectivity index is 3.39. The van der Waals surface area contributed by atoms with Crippen molar-refractivity contribution in [3.05, 3.63) is 0 Å². The molecule has 0 radical (unpaired) electrons. The summed E-state index contributed by atoms with van der Waals surface area (Å²) in [6.07, 6.45) is -7.48. The quantitative estimate of drug-likeness (QED) is 0.478. The van der Waals surface area contributed by atoms with Gasteiger partial charge in [-0.15, -0.1) is 0 Å². The molecule has 0 bridgehead atoms. The minimum Gasteiger partial charge on any atom is -0.247 e. The monoisotopic (exact) mass is 130 g/mol. The SMILES string of the molecule is C[C@@H](F)CC(F)(F)F. The molecule has 0 aromatic heterocycles. The van der Waals surface area contributed by atoms with Crippen LogP contribution in [0.4, 0.5) is 17.6 Å². The zero-order valence-electron chi connectivity index (χ0n) is 4.30. The molecular formula is C4H6F4. The van der Waals surface area contributed by atoms with Gasteiger partial charge in [0.25, 0.3) is 0 Å². The zero-order valence-corrected chi connectivity index (χ0v) is 4.30. The van der Waals surface area contributed by atoms with E-state index in [0.29, 0.717) is 0 Å². The van der Waals surface area contributed by atoms with E-state index < -0.39 is 18.8 Å². The Morgan fingerprint density at radius 2 is 1.75 bits per heavy atom. The second-order valence-electron chi connectivity index (χ2n) is 1.60. The molecule has 0 unspecified atom stereocenters. The first-order valence-electron chi connectivity index (χ1n) is 2.12. The fourth-order valence-electron chi connectivity index (χ4n) is 0.319. The third kappa shape index (κ3) is 5.72. The van der Waals surface area contributed by atoms with Crippen molar-refractivity contribution in [2.45, 2.75) is 25.7 Å². The Kier molecular flexibility index (Phi) is 2.25. The van der Waals surface area contributed by atoms with Crippen LogP contribution in [0, 0.1) is 0 Å². The fraction of sp³-hybridized carbons (Fsp3) is 1.00. The average Bonchev–Trinajstić information content (AvgIpc) is 1.21. The van der Waals surface area contributed by atoms with E-state index in [9.17, 15) is 17.6 Å². The summed E-state index contributed by atoms with van der Waals surface area (Å²) >= 11 is 0. The molecule has 0 nitrogen and oxygen atoms in total. The lowest BCUT2D eigenvalue weighted by Gasteiger charge is -2.04. The molecular weight excluding hydrogens is 124 g/mol. The molecule has 0 fully saturated rings. The van der Waals surface area contributed by atoms with Crippen LogP contribution in [0.3, 0.4) is 0 Å². The Morgan fingerprint density at radius 1 is 1.38 bits per heavy atom. The van der Waals surface area contributed by atoms with E-state index in [4.69, 9.17) is 0 Å². The van der Waals surface area contributed by atoms with Gasteiger partial charge in [-0.3, -0.25) is 0 Å². The topological polar surface area (TPSA) is 0 Å². The summed E-state index contributed by atoms with van der Waals surface area (Å²) in [5.41, 5.74) is 0. The number of alkyl halides is 4. The maximum absolute atomic E-state index is 11.5. The summed E-state index contributed by atoms with van der Waals surface area (Å²) in [4.78, 5) is 0. The Hall–Kier alpha value is -0.280. The van der Waals surface area contributed by atoms with Crippen molar-refractivity contribution in [3.63, 3.8) is 0 Å². The van der Waals surface area contributed by atoms with Crippen molar-refractivity contribution in [2.75, 3.05) is 0 Å². The smallest absolute Gasteiger partial charge is 0.247 e. The molecule has 0 rings (SSSR count). The predicted octanol–water partition coefficient (Wildman–Crippen LogP) is 2.30. The van der Waals surface area contributed by atoms with Gasteiger partial charge in [-0.2, -0.15) is 13.2 Å². The minimum absolute atomic E-state index is 0.882. The second kappa shape index (κ2) is 2.33. The van der Waals surface area contributed by atoms with E-state index in [2.05, 4.69) is 0 Å². The van der Waals surface area contributed by atoms with Gasteiger partial charge in [0.2, 0.25) is 0 Å². The van der Waals surface area contributed by atoms with Gasteiger partial charge in [0, 0.05) is 0 Å². The van der Waals surface area contributed by atoms with Crippen LogP contribution in [0.25, 0.3) is 0 Å². The molecule has 4 heteroatoms. The molecule has 0 amide bonds. The number of halogens is 4. The number of hydrogen-bond donors (Lipinski definition) is 0. The first kappa shape index (κ1) is 7.72. The van der Waals surface area contributed by atoms with Crippen LogP contribution in [0.15, 0.2) is 0 Å². The molecule has 0 aromatic rings. The highest BCUT2D eigenvalue weighted by Gasteiger charge is 2.29. The van der Waals surface area contributed by atoms with Crippen molar-refractivity contribution >= 4 is 0 Å². The molecule has 0 N–H and O–H groups in total. The van der Waals surface area contributed by atoms with Crippen LogP contribution in [0.5, 0.6) is 0 Å². The zero-order chi connectivity index (χ0) is 6.78. The molecule has 50 valence electrons. The minimum atomic E-state index is -4.35. The molecule has 0 spiro atoms. The van der Waals surface area contributed by atoms with E-state index in [1.165, 1.54) is 0 Å². The molecule has 1 atom stereocenters. The standard InChI is InChI=1S/C4H6F4/c1-3(5)2-4(6,7)8/h3H,2H2,1H3/t3-/m1/s1. The lowest BCUT2D eigenvalue weighted by Crippen LogP contribution is -2.12. The van der Waals surface area contributed by atoms with Gasteiger partial charge in [-0.05, 0) is 6.92 Å². The van der Waals surface area contributed by atoms with Crippen LogP contribution in [-0.2, 0) is 0 Å². The van der Waals surface area contributed by atoms with E-state index in [-0.39, 0.29) is 0 Å². The highest BCUT2D eigenvalue weighted by molar-refractivity contribution is 4.54. The second-order valence-corrected chi connectivity index (χ2v) is 1.60. The maximum atomic E-state index is 11.5. The van der Waals surface area contributed by atoms with Crippen LogP contribution in [-0.4, -0.2) is 12.3 Å². The Labute approximate surface area is 44.5 Å². The summed E-state index contributed by atoms with van der Waals surface area (Å²) in [7, 11) is 0. The lowest BCUT2D eigenvalue weighted by atomic mass is 10.3. The molecule has 0 aliphatic heterocycles. The molecule has 0 aliphatic rings. The molecule has 0 saturated carbocycles.